The molecule has 0 spiro atoms. The minimum Gasteiger partial charge on any atom is -0.379 e. The van der Waals surface area contributed by atoms with Crippen LogP contribution in [0.15, 0.2) is 42.9 Å². The van der Waals surface area contributed by atoms with E-state index in [-0.39, 0.29) is 80.2 Å². The van der Waals surface area contributed by atoms with E-state index >= 15 is 0 Å². The van der Waals surface area contributed by atoms with Crippen molar-refractivity contribution in [1.29, 1.82) is 0 Å². The van der Waals surface area contributed by atoms with E-state index < -0.39 is 36.5 Å². The van der Waals surface area contributed by atoms with Gasteiger partial charge in [-0.25, -0.2) is 27.1 Å². The fourth-order valence-electron chi connectivity index (χ4n) is 7.16. The van der Waals surface area contributed by atoms with Crippen molar-refractivity contribution in [3.05, 3.63) is 59.7 Å². The second-order valence-corrected chi connectivity index (χ2v) is 14.5. The number of halogens is 4. The number of piperidine rings is 2. The second kappa shape index (κ2) is 20.1. The van der Waals surface area contributed by atoms with Gasteiger partial charge in [-0.05, 0) is 43.4 Å². The number of hydrogen-bond acceptors (Lipinski definition) is 12. The number of anilines is 4. The summed E-state index contributed by atoms with van der Waals surface area (Å²) < 4.78 is 75.3. The smallest absolute Gasteiger partial charge is 0.284 e. The molecule has 1 aromatic carbocycles. The molecule has 0 aliphatic carbocycles. The monoisotopic (exact) mass is 844 g/mol. The Bertz CT molecular complexity index is 2130. The van der Waals surface area contributed by atoms with Crippen LogP contribution in [0.3, 0.4) is 0 Å². The lowest BCUT2D eigenvalue weighted by Crippen LogP contribution is -2.51. The molecule has 2 saturated heterocycles. The van der Waals surface area contributed by atoms with Crippen molar-refractivity contribution in [2.45, 2.75) is 63.5 Å². The molecule has 1 atom stereocenters. The summed E-state index contributed by atoms with van der Waals surface area (Å²) in [4.78, 5) is 58.3. The van der Waals surface area contributed by atoms with Gasteiger partial charge in [-0.15, -0.1) is 0 Å². The van der Waals surface area contributed by atoms with E-state index in [2.05, 4.69) is 25.8 Å². The molecule has 3 aromatic heterocycles. The van der Waals surface area contributed by atoms with Crippen LogP contribution >= 0.6 is 0 Å². The molecule has 4 amide bonds. The Kier molecular flexibility index (Phi) is 14.7. The lowest BCUT2D eigenvalue weighted by Gasteiger charge is -2.34. The van der Waals surface area contributed by atoms with E-state index in [1.807, 2.05) is 18.2 Å². The van der Waals surface area contributed by atoms with Crippen LogP contribution in [0.25, 0.3) is 5.65 Å². The van der Waals surface area contributed by atoms with Gasteiger partial charge in [0.05, 0.1) is 69.4 Å². The summed E-state index contributed by atoms with van der Waals surface area (Å²) >= 11 is 0. The lowest BCUT2D eigenvalue weighted by molar-refractivity contribution is -0.134. The summed E-state index contributed by atoms with van der Waals surface area (Å²) in [5.74, 6) is -4.05. The molecular weight excluding hydrogens is 796 g/mol. The number of imide groups is 1. The van der Waals surface area contributed by atoms with Crippen LogP contribution in [0.1, 0.15) is 60.1 Å². The number of benzene rings is 1. The van der Waals surface area contributed by atoms with Gasteiger partial charge in [-0.3, -0.25) is 29.2 Å². The number of aryl methyl sites for hydroxylation is 1. The topological polar surface area (TPSA) is 178 Å². The SMILES string of the molecule is CN(C=O)c1c(CCCOCCOCCOCCn2cc(NC(=O)c3cnn4ccc(N5CCCC(F)(F)C5)nc34)c(C(F)F)n2)cccc1N(C)C1CCC(=O)NC1=O. The molecule has 2 aliphatic rings. The number of carbonyl (C=O) groups excluding carboxylic acids is 4. The van der Waals surface area contributed by atoms with Gasteiger partial charge in [0.15, 0.2) is 11.3 Å². The van der Waals surface area contributed by atoms with Gasteiger partial charge in [0.25, 0.3) is 18.3 Å². The molecule has 2 aliphatic heterocycles. The molecule has 60 heavy (non-hydrogen) atoms. The van der Waals surface area contributed by atoms with E-state index in [0.717, 1.165) is 5.56 Å². The first kappa shape index (κ1) is 43.9. The maximum absolute atomic E-state index is 14.0. The Balaban J connectivity index is 0.894. The van der Waals surface area contributed by atoms with Crippen molar-refractivity contribution in [3.63, 3.8) is 0 Å². The number of para-hydroxylation sites is 1. The van der Waals surface area contributed by atoms with E-state index in [0.29, 0.717) is 63.4 Å². The Morgan fingerprint density at radius 3 is 2.55 bits per heavy atom. The van der Waals surface area contributed by atoms with Gasteiger partial charge in [-0.1, -0.05) is 12.1 Å². The molecule has 6 rings (SSSR count). The number of rotatable bonds is 21. The van der Waals surface area contributed by atoms with Gasteiger partial charge in [0.2, 0.25) is 18.2 Å². The van der Waals surface area contributed by atoms with Gasteiger partial charge >= 0.3 is 0 Å². The molecular formula is C39H48F4N10O7. The Labute approximate surface area is 342 Å². The number of aromatic nitrogens is 5. The van der Waals surface area contributed by atoms with Crippen LogP contribution in [0.4, 0.5) is 40.4 Å². The summed E-state index contributed by atoms with van der Waals surface area (Å²) in [6.07, 6.45) is 3.66. The molecule has 324 valence electrons. The van der Waals surface area contributed by atoms with Crippen molar-refractivity contribution < 1.29 is 51.0 Å². The second-order valence-electron chi connectivity index (χ2n) is 14.5. The molecule has 21 heteroatoms. The first-order chi connectivity index (χ1) is 28.8. The highest BCUT2D eigenvalue weighted by Crippen LogP contribution is 2.35. The van der Waals surface area contributed by atoms with Gasteiger partial charge in [-0.2, -0.15) is 10.2 Å². The summed E-state index contributed by atoms with van der Waals surface area (Å²) in [5.41, 5.74) is 1.50. The summed E-state index contributed by atoms with van der Waals surface area (Å²) in [7, 11) is 3.42. The van der Waals surface area contributed by atoms with Crippen LogP contribution in [-0.2, 0) is 41.6 Å². The molecule has 0 saturated carbocycles. The predicted molar refractivity (Wildman–Crippen MR) is 211 cm³/mol. The number of likely N-dealkylation sites (N-methyl/N-ethyl adjacent to an activating group) is 1. The minimum absolute atomic E-state index is 0.0284. The number of carbonyl (C=O) groups is 4. The molecule has 2 N–H and O–H groups in total. The van der Waals surface area contributed by atoms with Crippen molar-refractivity contribution in [2.75, 3.05) is 86.8 Å². The van der Waals surface area contributed by atoms with Crippen molar-refractivity contribution >= 4 is 52.7 Å². The largest absolute Gasteiger partial charge is 0.379 e. The van der Waals surface area contributed by atoms with E-state index in [1.165, 1.54) is 43.7 Å². The quantitative estimate of drug-likeness (QED) is 0.0537. The van der Waals surface area contributed by atoms with Crippen molar-refractivity contribution in [2.24, 2.45) is 0 Å². The first-order valence-electron chi connectivity index (χ1n) is 19.6. The molecule has 4 aromatic rings. The molecule has 2 fully saturated rings. The minimum atomic E-state index is -2.99. The van der Waals surface area contributed by atoms with Crippen LogP contribution < -0.4 is 25.3 Å². The molecule has 1 unspecified atom stereocenters. The number of ether oxygens (including phenoxy) is 3. The Morgan fingerprint density at radius 2 is 1.83 bits per heavy atom. The third-order valence-corrected chi connectivity index (χ3v) is 10.2. The number of hydrogen-bond donors (Lipinski definition) is 2. The summed E-state index contributed by atoms with van der Waals surface area (Å²) in [6, 6.07) is 6.61. The predicted octanol–water partition coefficient (Wildman–Crippen LogP) is 3.87. The lowest BCUT2D eigenvalue weighted by atomic mass is 10.0. The number of alkyl halides is 4. The Morgan fingerprint density at radius 1 is 1.08 bits per heavy atom. The van der Waals surface area contributed by atoms with Crippen LogP contribution in [0.5, 0.6) is 0 Å². The number of amides is 4. The number of nitrogens with zero attached hydrogens (tertiary/aromatic N) is 8. The van der Waals surface area contributed by atoms with Crippen LogP contribution in [0, 0.1) is 0 Å². The van der Waals surface area contributed by atoms with Crippen LogP contribution in [0.2, 0.25) is 0 Å². The normalized spacial score (nSPS) is 16.6. The summed E-state index contributed by atoms with van der Waals surface area (Å²) in [5, 5.41) is 12.8. The summed E-state index contributed by atoms with van der Waals surface area (Å²) in [6.45, 7) is 1.67. The maximum Gasteiger partial charge on any atom is 0.284 e. The number of nitrogens with one attached hydrogen (secondary N) is 2. The fourth-order valence-corrected chi connectivity index (χ4v) is 7.16. The van der Waals surface area contributed by atoms with E-state index in [1.54, 1.807) is 19.0 Å². The molecule has 17 nitrogen and oxygen atoms in total. The molecule has 5 heterocycles. The highest BCUT2D eigenvalue weighted by molar-refractivity contribution is 6.08. The van der Waals surface area contributed by atoms with Gasteiger partial charge in [0, 0.05) is 52.5 Å². The third-order valence-electron chi connectivity index (χ3n) is 10.2. The van der Waals surface area contributed by atoms with Gasteiger partial charge in [0.1, 0.15) is 17.4 Å². The average Bonchev–Trinajstić information content (AvgIpc) is 3.84. The average molecular weight is 845 g/mol. The highest BCUT2D eigenvalue weighted by Gasteiger charge is 2.36. The van der Waals surface area contributed by atoms with Crippen LogP contribution in [-0.4, -0.2) is 127 Å². The zero-order chi connectivity index (χ0) is 42.8. The van der Waals surface area contributed by atoms with Gasteiger partial charge < -0.3 is 34.2 Å². The fraction of sp³-hybridized carbons (Fsp3) is 0.513. The zero-order valence-electron chi connectivity index (χ0n) is 33.3. The van der Waals surface area contributed by atoms with E-state index in [9.17, 15) is 36.7 Å². The molecule has 0 radical (unpaired) electrons. The third kappa shape index (κ3) is 10.9. The highest BCUT2D eigenvalue weighted by atomic mass is 19.3. The number of fused-ring (bicyclic) bond motifs is 1. The van der Waals surface area contributed by atoms with Crippen molar-refractivity contribution in [1.82, 2.24) is 29.7 Å². The Hall–Kier alpha value is -5.67. The molecule has 0 bridgehead atoms. The maximum atomic E-state index is 14.0. The van der Waals surface area contributed by atoms with E-state index in [4.69, 9.17) is 14.2 Å². The first-order valence-corrected chi connectivity index (χ1v) is 19.6. The zero-order valence-corrected chi connectivity index (χ0v) is 33.3. The van der Waals surface area contributed by atoms with Crippen molar-refractivity contribution in [3.8, 4) is 0 Å². The standard InChI is InChI=1S/C39H48F4N10O7/c1-49(25-54)34-26(6-3-8-29(34)50(2)30-9-10-32(55)47-38(30)57)7-4-16-58-18-20-60-21-19-59-17-15-52-23-28(33(48-52)35(40)41)45-37(56)27-22-44-53-14-11-31(46-36(27)53)51-13-5-12-39(42,43)24-51/h3,6,8,11,14,22-23,25,30,35H,4-5,7,9-10,12-13,15-21,24H2,1-2H3,(H,45,56)(H,47,55,57).